The summed E-state index contributed by atoms with van der Waals surface area (Å²) < 4.78 is 5.06. The van der Waals surface area contributed by atoms with E-state index in [4.69, 9.17) is 4.42 Å². The molecule has 0 spiro atoms. The Bertz CT molecular complexity index is 565. The third-order valence-electron chi connectivity index (χ3n) is 1.95. The van der Waals surface area contributed by atoms with Crippen LogP contribution in [0.2, 0.25) is 0 Å². The molecule has 2 aromatic heterocycles. The smallest absolute Gasteiger partial charge is 0.397 e. The molecule has 9 heteroatoms. The van der Waals surface area contributed by atoms with Crippen molar-refractivity contribution >= 4 is 29.4 Å². The van der Waals surface area contributed by atoms with E-state index >= 15 is 0 Å². The number of aromatic nitrogens is 3. The lowest BCUT2D eigenvalue weighted by molar-refractivity contribution is -0.401. The van der Waals surface area contributed by atoms with Gasteiger partial charge in [-0.05, 0) is 18.6 Å². The summed E-state index contributed by atoms with van der Waals surface area (Å²) in [5, 5.41) is 11.6. The zero-order chi connectivity index (χ0) is 13.1. The maximum atomic E-state index is 10.5. The molecule has 0 aliphatic rings. The van der Waals surface area contributed by atoms with Crippen molar-refractivity contribution in [3.63, 3.8) is 0 Å². The van der Waals surface area contributed by atoms with E-state index in [9.17, 15) is 10.1 Å². The molecule has 18 heavy (non-hydrogen) atoms. The van der Waals surface area contributed by atoms with E-state index < -0.39 is 4.92 Å². The molecule has 7 nitrogen and oxygen atoms in total. The highest BCUT2D eigenvalue weighted by atomic mass is 32.2. The lowest BCUT2D eigenvalue weighted by atomic mass is 10.4. The molecule has 0 unspecified atom stereocenters. The van der Waals surface area contributed by atoms with Crippen LogP contribution in [-0.2, 0) is 0 Å². The summed E-state index contributed by atoms with van der Waals surface area (Å²) in [6, 6.07) is 2.75. The second kappa shape index (κ2) is 5.36. The van der Waals surface area contributed by atoms with E-state index in [-0.39, 0.29) is 11.6 Å². The van der Waals surface area contributed by atoms with Crippen LogP contribution in [0.4, 0.5) is 5.88 Å². The molecule has 0 bridgehead atoms. The number of thioether (sulfide) groups is 2. The Kier molecular flexibility index (Phi) is 3.82. The fourth-order valence-electron chi connectivity index (χ4n) is 1.18. The Morgan fingerprint density at radius 1 is 1.17 bits per heavy atom. The molecule has 0 aliphatic carbocycles. The van der Waals surface area contributed by atoms with Gasteiger partial charge in [0.05, 0.1) is 6.07 Å². The summed E-state index contributed by atoms with van der Waals surface area (Å²) in [5.74, 6) is 0.225. The first kappa shape index (κ1) is 12.8. The minimum atomic E-state index is -0.602. The fourth-order valence-corrected chi connectivity index (χ4v) is 1.95. The van der Waals surface area contributed by atoms with Crippen molar-refractivity contribution in [1.82, 2.24) is 15.0 Å². The first-order valence-electron chi connectivity index (χ1n) is 4.72. The van der Waals surface area contributed by atoms with Crippen molar-refractivity contribution in [3.05, 3.63) is 22.2 Å². The quantitative estimate of drug-likeness (QED) is 0.480. The van der Waals surface area contributed by atoms with Gasteiger partial charge in [0.1, 0.15) is 4.92 Å². The summed E-state index contributed by atoms with van der Waals surface area (Å²) >= 11 is 2.74. The van der Waals surface area contributed by atoms with Gasteiger partial charge in [0.15, 0.2) is 16.1 Å². The van der Waals surface area contributed by atoms with Crippen LogP contribution in [0.25, 0.3) is 11.6 Å². The molecule has 0 saturated heterocycles. The van der Waals surface area contributed by atoms with Gasteiger partial charge < -0.3 is 4.42 Å². The molecule has 2 heterocycles. The molecule has 0 atom stereocenters. The van der Waals surface area contributed by atoms with Crippen LogP contribution < -0.4 is 0 Å². The molecule has 0 radical (unpaired) electrons. The van der Waals surface area contributed by atoms with Gasteiger partial charge in [0, 0.05) is 0 Å². The SMILES string of the molecule is CSc1nc(SC)nc(-c2ccc([N+](=O)[O-])o2)n1. The van der Waals surface area contributed by atoms with Gasteiger partial charge in [-0.1, -0.05) is 23.5 Å². The molecule has 0 saturated carbocycles. The number of hydrogen-bond acceptors (Lipinski definition) is 8. The van der Waals surface area contributed by atoms with Gasteiger partial charge in [-0.3, -0.25) is 10.1 Å². The lowest BCUT2D eigenvalue weighted by Crippen LogP contribution is -1.96. The summed E-state index contributed by atoms with van der Waals surface area (Å²) in [4.78, 5) is 22.4. The van der Waals surface area contributed by atoms with Crippen molar-refractivity contribution in [3.8, 4) is 11.6 Å². The van der Waals surface area contributed by atoms with E-state index in [0.29, 0.717) is 16.1 Å². The van der Waals surface area contributed by atoms with E-state index in [1.54, 1.807) is 0 Å². The summed E-state index contributed by atoms with van der Waals surface area (Å²) in [6.07, 6.45) is 3.68. The molecule has 0 aromatic carbocycles. The van der Waals surface area contributed by atoms with Crippen LogP contribution in [0.5, 0.6) is 0 Å². The molecular weight excluding hydrogens is 276 g/mol. The lowest BCUT2D eigenvalue weighted by Gasteiger charge is -2.01. The first-order valence-corrected chi connectivity index (χ1v) is 7.17. The van der Waals surface area contributed by atoms with Crippen molar-refractivity contribution < 1.29 is 9.34 Å². The Morgan fingerprint density at radius 2 is 1.78 bits per heavy atom. The van der Waals surface area contributed by atoms with Crippen LogP contribution in [-0.4, -0.2) is 32.4 Å². The van der Waals surface area contributed by atoms with E-state index in [0.717, 1.165) is 0 Å². The minimum Gasteiger partial charge on any atom is -0.397 e. The summed E-state index contributed by atoms with van der Waals surface area (Å²) in [7, 11) is 0. The van der Waals surface area contributed by atoms with Crippen LogP contribution in [0, 0.1) is 10.1 Å². The molecule has 94 valence electrons. The highest BCUT2D eigenvalue weighted by Gasteiger charge is 2.16. The molecular formula is C9H8N4O3S2. The Labute approximate surface area is 111 Å². The molecule has 0 aliphatic heterocycles. The topological polar surface area (TPSA) is 95.0 Å². The molecule has 0 fully saturated rings. The number of nitrogens with zero attached hydrogens (tertiary/aromatic N) is 4. The molecule has 2 aromatic rings. The van der Waals surface area contributed by atoms with Crippen molar-refractivity contribution in [2.24, 2.45) is 0 Å². The third kappa shape index (κ3) is 2.62. The van der Waals surface area contributed by atoms with Gasteiger partial charge in [0.25, 0.3) is 0 Å². The van der Waals surface area contributed by atoms with Gasteiger partial charge >= 0.3 is 5.88 Å². The summed E-state index contributed by atoms with van der Waals surface area (Å²) in [6.45, 7) is 0. The second-order valence-corrected chi connectivity index (χ2v) is 4.57. The Balaban J connectivity index is 2.45. The predicted molar refractivity (Wildman–Crippen MR) is 67.7 cm³/mol. The maximum Gasteiger partial charge on any atom is 0.433 e. The van der Waals surface area contributed by atoms with E-state index in [2.05, 4.69) is 15.0 Å². The Hall–Kier alpha value is -1.61. The zero-order valence-corrected chi connectivity index (χ0v) is 11.1. The van der Waals surface area contributed by atoms with Crippen LogP contribution >= 0.6 is 23.5 Å². The minimum absolute atomic E-state index is 0.259. The average Bonchev–Trinajstić information content (AvgIpc) is 2.87. The average molecular weight is 284 g/mol. The van der Waals surface area contributed by atoms with Crippen LogP contribution in [0.3, 0.4) is 0 Å². The number of nitro groups is 1. The van der Waals surface area contributed by atoms with Crippen molar-refractivity contribution in [1.29, 1.82) is 0 Å². The van der Waals surface area contributed by atoms with Crippen molar-refractivity contribution in [2.75, 3.05) is 12.5 Å². The Morgan fingerprint density at radius 3 is 2.22 bits per heavy atom. The molecule has 0 N–H and O–H groups in total. The third-order valence-corrected chi connectivity index (χ3v) is 3.05. The number of rotatable bonds is 4. The van der Waals surface area contributed by atoms with Crippen molar-refractivity contribution in [2.45, 2.75) is 10.3 Å². The largest absolute Gasteiger partial charge is 0.433 e. The molecule has 2 rings (SSSR count). The van der Waals surface area contributed by atoms with Gasteiger partial charge in [-0.25, -0.2) is 0 Å². The highest BCUT2D eigenvalue weighted by molar-refractivity contribution is 7.99. The highest BCUT2D eigenvalue weighted by Crippen LogP contribution is 2.25. The molecule has 0 amide bonds. The van der Waals surface area contributed by atoms with Gasteiger partial charge in [-0.2, -0.15) is 15.0 Å². The predicted octanol–water partition coefficient (Wildman–Crippen LogP) is 2.48. The second-order valence-electron chi connectivity index (χ2n) is 3.03. The summed E-state index contributed by atoms with van der Waals surface area (Å²) in [5.41, 5.74) is 0. The zero-order valence-electron chi connectivity index (χ0n) is 9.48. The fraction of sp³-hybridized carbons (Fsp3) is 0.222. The normalized spacial score (nSPS) is 10.6. The maximum absolute atomic E-state index is 10.5. The van der Waals surface area contributed by atoms with Gasteiger partial charge in [-0.15, -0.1) is 0 Å². The first-order chi connectivity index (χ1) is 8.63. The van der Waals surface area contributed by atoms with Crippen LogP contribution in [0.15, 0.2) is 26.9 Å². The standard InChI is InChI=1S/C9H8N4O3S2/c1-17-8-10-7(11-9(12-8)18-2)5-3-4-6(16-5)13(14)15/h3-4H,1-2H3. The van der Waals surface area contributed by atoms with Crippen LogP contribution in [0.1, 0.15) is 0 Å². The number of hydrogen-bond donors (Lipinski definition) is 0. The van der Waals surface area contributed by atoms with Gasteiger partial charge in [0.2, 0.25) is 5.82 Å². The monoisotopic (exact) mass is 284 g/mol. The van der Waals surface area contributed by atoms with E-state index in [1.165, 1.54) is 35.7 Å². The van der Waals surface area contributed by atoms with E-state index in [1.807, 2.05) is 12.5 Å². The number of furan rings is 1.